The van der Waals surface area contributed by atoms with Gasteiger partial charge in [0.05, 0.1) is 51.8 Å². The number of hydrogen-bond donors (Lipinski definition) is 14. The first-order chi connectivity index (χ1) is 37.5. The molecule has 5 aliphatic heterocycles. The summed E-state index contributed by atoms with van der Waals surface area (Å²) in [7, 11) is 0. The second-order valence-corrected chi connectivity index (χ2v) is 27.5. The van der Waals surface area contributed by atoms with Gasteiger partial charge in [-0.25, -0.2) is 0 Å². The Morgan fingerprint density at radius 1 is 0.525 bits per heavy atom. The van der Waals surface area contributed by atoms with E-state index in [4.69, 9.17) is 47.4 Å². The summed E-state index contributed by atoms with van der Waals surface area (Å²) in [4.78, 5) is 0. The van der Waals surface area contributed by atoms with E-state index in [-0.39, 0.29) is 53.3 Å². The monoisotopic (exact) mass is 1150 g/mol. The summed E-state index contributed by atoms with van der Waals surface area (Å²) in [5.41, 5.74) is -0.729. The number of fused-ring (bicyclic) bond motifs is 7. The predicted molar refractivity (Wildman–Crippen MR) is 273 cm³/mol. The zero-order valence-corrected chi connectivity index (χ0v) is 47.0. The number of allylic oxidation sites excluding steroid dienone is 2. The molecular formula is C56H92O24. The second kappa shape index (κ2) is 22.8. The molecule has 10 aliphatic rings. The first kappa shape index (κ1) is 61.9. The molecular weight excluding hydrogens is 1060 g/mol. The number of hydrogen-bond acceptors (Lipinski definition) is 24. The van der Waals surface area contributed by atoms with Gasteiger partial charge in [0.15, 0.2) is 31.5 Å². The third-order valence-electron chi connectivity index (χ3n) is 22.1. The van der Waals surface area contributed by atoms with Crippen LogP contribution in [0.2, 0.25) is 0 Å². The molecule has 10 rings (SSSR count). The van der Waals surface area contributed by atoms with Crippen molar-refractivity contribution in [2.24, 2.45) is 50.2 Å². The smallest absolute Gasteiger partial charge is 0.186 e. The largest absolute Gasteiger partial charge is 0.394 e. The topological polar surface area (TPSA) is 376 Å². The van der Waals surface area contributed by atoms with Gasteiger partial charge in [0.2, 0.25) is 0 Å². The van der Waals surface area contributed by atoms with Crippen molar-refractivity contribution >= 4 is 0 Å². The van der Waals surface area contributed by atoms with Crippen LogP contribution in [0.1, 0.15) is 106 Å². The number of aliphatic hydroxyl groups excluding tert-OH is 14. The SMILES string of the molecule is CC1(C)CC[C@@]2(CO[C@@H]3OC[C@H](O)[C@H](O)[C@H]3O[C@@H]3OC[C@H](O[C@@H]4OC[C@@H](O)[C@H](O[C@@H]5OC[C@@H](O)[C@H](O)[C@H]5O)[C@H]4O)[C@@H](O)[C@H]3O)C(C1)C1=CCC3[C@@]4(C)CC[C@H](O[C@@H]5O[C@H](CO)[C@@H](O)[C@H](O)[C@H]5O)C(C)(C)C4CC[C@@]3(C)[C@]1(C)C[C@H]2O. The lowest BCUT2D eigenvalue weighted by molar-refractivity contribution is -0.368. The van der Waals surface area contributed by atoms with E-state index in [0.29, 0.717) is 19.3 Å². The fourth-order valence-corrected chi connectivity index (χ4v) is 17.0. The van der Waals surface area contributed by atoms with Crippen LogP contribution >= 0.6 is 0 Å². The van der Waals surface area contributed by atoms with E-state index in [0.717, 1.165) is 38.5 Å². The lowest BCUT2D eigenvalue weighted by Gasteiger charge is -2.72. The molecule has 0 spiro atoms. The molecule has 24 nitrogen and oxygen atoms in total. The molecule has 0 aromatic carbocycles. The zero-order chi connectivity index (χ0) is 58.0. The third kappa shape index (κ3) is 10.4. The van der Waals surface area contributed by atoms with Gasteiger partial charge in [-0.15, -0.1) is 0 Å². The highest BCUT2D eigenvalue weighted by Gasteiger charge is 2.70. The van der Waals surface area contributed by atoms with Crippen molar-refractivity contribution in [3.63, 3.8) is 0 Å². The second-order valence-electron chi connectivity index (χ2n) is 27.5. The van der Waals surface area contributed by atoms with Crippen molar-refractivity contribution in [2.45, 2.75) is 248 Å². The van der Waals surface area contributed by atoms with E-state index >= 15 is 0 Å². The Bertz CT molecular complexity index is 2170. The van der Waals surface area contributed by atoms with Gasteiger partial charge >= 0.3 is 0 Å². The average Bonchev–Trinajstić information content (AvgIpc) is 3.40. The van der Waals surface area contributed by atoms with Crippen molar-refractivity contribution in [3.05, 3.63) is 11.6 Å². The van der Waals surface area contributed by atoms with Crippen LogP contribution in [0.4, 0.5) is 0 Å². The maximum Gasteiger partial charge on any atom is 0.186 e. The molecule has 3 unspecified atom stereocenters. The summed E-state index contributed by atoms with van der Waals surface area (Å²) in [5.74, 6) is 0.329. The molecule has 14 N–H and O–H groups in total. The Hall–Kier alpha value is -1.22. The molecule has 9 fully saturated rings. The predicted octanol–water partition coefficient (Wildman–Crippen LogP) is -2.21. The maximum absolute atomic E-state index is 13.0. The van der Waals surface area contributed by atoms with E-state index in [2.05, 4.69) is 54.5 Å². The molecule has 0 aromatic heterocycles. The average molecular weight is 1150 g/mol. The molecule has 24 heteroatoms. The van der Waals surface area contributed by atoms with Gasteiger partial charge in [0.25, 0.3) is 0 Å². The molecule has 5 heterocycles. The molecule has 0 bridgehead atoms. The van der Waals surface area contributed by atoms with Crippen molar-refractivity contribution in [3.8, 4) is 0 Å². The Kier molecular flexibility index (Phi) is 17.6. The summed E-state index contributed by atoms with van der Waals surface area (Å²) >= 11 is 0. The van der Waals surface area contributed by atoms with Crippen LogP contribution in [-0.4, -0.2) is 252 Å². The Morgan fingerprint density at radius 3 is 1.81 bits per heavy atom. The lowest BCUT2D eigenvalue weighted by Crippen LogP contribution is -2.67. The van der Waals surface area contributed by atoms with Gasteiger partial charge in [-0.3, -0.25) is 0 Å². The van der Waals surface area contributed by atoms with Crippen LogP contribution in [0.3, 0.4) is 0 Å². The van der Waals surface area contributed by atoms with Crippen LogP contribution in [0.25, 0.3) is 0 Å². The van der Waals surface area contributed by atoms with Crippen molar-refractivity contribution < 1.29 is 119 Å². The summed E-state index contributed by atoms with van der Waals surface area (Å²) in [6, 6.07) is 0. The van der Waals surface area contributed by atoms with Crippen LogP contribution in [-0.2, 0) is 47.4 Å². The zero-order valence-electron chi connectivity index (χ0n) is 47.0. The Balaban J connectivity index is 0.821. The van der Waals surface area contributed by atoms with Gasteiger partial charge in [-0.2, -0.15) is 0 Å². The first-order valence-electron chi connectivity index (χ1n) is 29.0. The Labute approximate surface area is 466 Å². The van der Waals surface area contributed by atoms with Gasteiger partial charge in [-0.1, -0.05) is 60.1 Å². The van der Waals surface area contributed by atoms with E-state index in [1.165, 1.54) is 5.57 Å². The fraction of sp³-hybridized carbons (Fsp3) is 0.964. The minimum absolute atomic E-state index is 0.00370. The summed E-state index contributed by atoms with van der Waals surface area (Å²) in [6.07, 6.45) is -23.7. The van der Waals surface area contributed by atoms with Crippen molar-refractivity contribution in [1.82, 2.24) is 0 Å². The maximum atomic E-state index is 13.0. The van der Waals surface area contributed by atoms with Crippen LogP contribution in [0.5, 0.6) is 0 Å². The summed E-state index contributed by atoms with van der Waals surface area (Å²) in [6.45, 7) is 14.0. The fourth-order valence-electron chi connectivity index (χ4n) is 17.0. The van der Waals surface area contributed by atoms with E-state index in [1.807, 2.05) is 0 Å². The lowest BCUT2D eigenvalue weighted by atomic mass is 9.33. The standard InChI is InChI=1S/C56H92O24/c1-51(2)14-15-56(23-75-50-45(36(63)27(59)20-73-50)80-47-41(68)38(65)30(22-74-47)77-48-43(70)44(28(60)21-72-48)79-46-40(67)35(62)26(58)19-71-46)25(16-51)24-8-9-32-53(5)12-11-34(78-49-42(69)39(66)37(64)29(18-57)76-49)52(3,4)31(53)10-13-54(32,6)55(24,7)17-33(56)61/h8,25-50,57-70H,9-23H2,1-7H3/t25?,26-,27+,28-,29-,30+,31?,32?,33-,34+,35+,36+,37-,38-,39+,40-,41-,42-,43-,44+,45-,46+,47+,48+,49+,50+,53+,54-,55-,56-/m1/s1. The molecule has 0 radical (unpaired) electrons. The number of rotatable bonds is 12. The quantitative estimate of drug-likeness (QED) is 0.0728. The van der Waals surface area contributed by atoms with Crippen LogP contribution in [0, 0.1) is 50.2 Å². The molecule has 460 valence electrons. The molecule has 4 saturated carbocycles. The van der Waals surface area contributed by atoms with Crippen molar-refractivity contribution in [2.75, 3.05) is 39.6 Å². The third-order valence-corrected chi connectivity index (χ3v) is 22.1. The highest BCUT2D eigenvalue weighted by molar-refractivity contribution is 5.35. The highest BCUT2D eigenvalue weighted by atomic mass is 16.8. The number of ether oxygens (including phenoxy) is 10. The van der Waals surface area contributed by atoms with Gasteiger partial charge in [0, 0.05) is 5.41 Å². The molecule has 80 heavy (non-hydrogen) atoms. The van der Waals surface area contributed by atoms with E-state index in [1.54, 1.807) is 0 Å². The summed E-state index contributed by atoms with van der Waals surface area (Å²) in [5, 5.41) is 152. The highest BCUT2D eigenvalue weighted by Crippen LogP contribution is 2.76. The summed E-state index contributed by atoms with van der Waals surface area (Å²) < 4.78 is 59.4. The Morgan fingerprint density at radius 2 is 1.12 bits per heavy atom. The van der Waals surface area contributed by atoms with Crippen LogP contribution < -0.4 is 0 Å². The normalized spacial score (nSPS) is 55.0. The minimum Gasteiger partial charge on any atom is -0.394 e. The van der Waals surface area contributed by atoms with E-state index < -0.39 is 178 Å². The minimum atomic E-state index is -1.84. The van der Waals surface area contributed by atoms with Crippen LogP contribution in [0.15, 0.2) is 11.6 Å². The molecule has 0 amide bonds. The van der Waals surface area contributed by atoms with Gasteiger partial charge in [0.1, 0.15) is 97.7 Å². The first-order valence-corrected chi connectivity index (χ1v) is 29.0. The van der Waals surface area contributed by atoms with Gasteiger partial charge < -0.3 is 119 Å². The molecule has 5 aliphatic carbocycles. The molecule has 0 aromatic rings. The van der Waals surface area contributed by atoms with Crippen molar-refractivity contribution in [1.29, 1.82) is 0 Å². The van der Waals surface area contributed by atoms with Gasteiger partial charge in [-0.05, 0) is 103 Å². The number of aliphatic hydroxyl groups is 14. The van der Waals surface area contributed by atoms with E-state index in [9.17, 15) is 71.5 Å². The molecule has 5 saturated heterocycles. The molecule has 30 atom stereocenters.